The van der Waals surface area contributed by atoms with Crippen LogP contribution in [0.2, 0.25) is 0 Å². The van der Waals surface area contributed by atoms with Crippen molar-refractivity contribution in [2.24, 2.45) is 0 Å². The summed E-state index contributed by atoms with van der Waals surface area (Å²) in [6.07, 6.45) is 30.7. The second kappa shape index (κ2) is 32.0. The van der Waals surface area contributed by atoms with Crippen LogP contribution in [0.3, 0.4) is 0 Å². The predicted octanol–water partition coefficient (Wildman–Crippen LogP) is 9.90. The van der Waals surface area contributed by atoms with E-state index in [9.17, 15) is 24.2 Å². The number of rotatable bonds is 35. The molecule has 332 valence electrons. The lowest BCUT2D eigenvalue weighted by Gasteiger charge is -2.28. The Kier molecular flexibility index (Phi) is 29.4. The van der Waals surface area contributed by atoms with Gasteiger partial charge in [-0.25, -0.2) is 0 Å². The highest BCUT2D eigenvalue weighted by Crippen LogP contribution is 2.38. The molecule has 0 aromatic carbocycles. The highest BCUT2D eigenvalue weighted by atomic mass is 31.2. The smallest absolute Gasteiger partial charge is 0.306 e. The maximum absolute atomic E-state index is 12.7. The summed E-state index contributed by atoms with van der Waals surface area (Å²) < 4.78 is 39.9. The highest BCUT2D eigenvalue weighted by Gasteiger charge is 2.22. The van der Waals surface area contributed by atoms with E-state index in [1.54, 1.807) is 0 Å². The lowest BCUT2D eigenvalue weighted by molar-refractivity contribution is -0.870. The third-order valence-electron chi connectivity index (χ3n) is 9.58. The van der Waals surface area contributed by atoms with Gasteiger partial charge in [0, 0.05) is 25.7 Å². The molecule has 58 heavy (non-hydrogen) atoms. The Balaban J connectivity index is 2.42. The number of esters is 2. The van der Waals surface area contributed by atoms with Gasteiger partial charge in [-0.1, -0.05) is 94.6 Å². The molecule has 0 spiro atoms. The Hall–Kier alpha value is -2.79. The summed E-state index contributed by atoms with van der Waals surface area (Å²) >= 11 is 0. The molecule has 3 atom stereocenters. The van der Waals surface area contributed by atoms with Crippen LogP contribution < -0.4 is 4.89 Å². The molecule has 0 saturated carbocycles. The van der Waals surface area contributed by atoms with Gasteiger partial charge in [0.15, 0.2) is 6.10 Å². The van der Waals surface area contributed by atoms with Crippen molar-refractivity contribution < 1.29 is 51.6 Å². The number of unbranched alkanes of at least 4 members (excludes halogenated alkanes) is 6. The second-order valence-electron chi connectivity index (χ2n) is 16.1. The number of phosphoric acid groups is 1. The van der Waals surface area contributed by atoms with Crippen LogP contribution in [0.15, 0.2) is 53.0 Å². The highest BCUT2D eigenvalue weighted by molar-refractivity contribution is 7.45. The number of carbonyl (C=O) groups is 2. The van der Waals surface area contributed by atoms with Crippen molar-refractivity contribution in [2.45, 2.75) is 162 Å². The molecule has 0 saturated heterocycles. The molecule has 12 heteroatoms. The van der Waals surface area contributed by atoms with Crippen molar-refractivity contribution in [1.82, 2.24) is 0 Å². The van der Waals surface area contributed by atoms with Crippen LogP contribution in [0.25, 0.3) is 0 Å². The van der Waals surface area contributed by atoms with Gasteiger partial charge < -0.3 is 37.4 Å². The summed E-state index contributed by atoms with van der Waals surface area (Å²) in [4.78, 5) is 37.6. The van der Waals surface area contributed by atoms with Crippen molar-refractivity contribution >= 4 is 19.8 Å². The van der Waals surface area contributed by atoms with E-state index in [0.717, 1.165) is 95.0 Å². The average molecular weight is 836 g/mol. The number of carbonyl (C=O) groups excluding carboxylic acids is 2. The van der Waals surface area contributed by atoms with Crippen LogP contribution in [-0.4, -0.2) is 81.2 Å². The number of aliphatic hydroxyl groups is 1. The first-order valence-corrected chi connectivity index (χ1v) is 23.2. The standard InChI is InChI=1S/C46H78NO10P/c1-8-29-41(48)31-25-21-17-15-13-11-10-12-14-16-18-24-28-34-46(50)56-42(38-55-58(51,52)54-36-35-47(5,6)7)37-53-45(49)33-27-23-20-19-22-26-32-44-40(4)39(3)43(57-44)30-9-2/h10,12-13,15-16,18,21,25,41-42,48H,8-9,11,14,17,19-20,22-24,26-38H2,1-7H3/b12-10-,15-13-,18-16-,25-21-/t41?,42-/m1/s1. The molecule has 0 radical (unpaired) electrons. The largest absolute Gasteiger partial charge is 0.756 e. The summed E-state index contributed by atoms with van der Waals surface area (Å²) in [5.41, 5.74) is 2.56. The lowest BCUT2D eigenvalue weighted by Crippen LogP contribution is -2.37. The molecule has 0 aliphatic heterocycles. The summed E-state index contributed by atoms with van der Waals surface area (Å²) in [6, 6.07) is 0. The Morgan fingerprint density at radius 1 is 0.741 bits per heavy atom. The molecule has 1 aromatic heterocycles. The fourth-order valence-corrected chi connectivity index (χ4v) is 6.67. The monoisotopic (exact) mass is 836 g/mol. The minimum absolute atomic E-state index is 0.0581. The molecule has 1 aromatic rings. The molecule has 0 bridgehead atoms. The van der Waals surface area contributed by atoms with Crippen molar-refractivity contribution in [2.75, 3.05) is 47.5 Å². The van der Waals surface area contributed by atoms with Crippen molar-refractivity contribution in [1.29, 1.82) is 0 Å². The Bertz CT molecular complexity index is 1420. The summed E-state index contributed by atoms with van der Waals surface area (Å²) in [6.45, 7) is 8.09. The van der Waals surface area contributed by atoms with Gasteiger partial charge in [-0.3, -0.25) is 14.2 Å². The lowest BCUT2D eigenvalue weighted by atomic mass is 10.0. The minimum Gasteiger partial charge on any atom is -0.756 e. The van der Waals surface area contributed by atoms with Crippen LogP contribution >= 0.6 is 7.82 Å². The van der Waals surface area contributed by atoms with Gasteiger partial charge >= 0.3 is 11.9 Å². The van der Waals surface area contributed by atoms with Crippen molar-refractivity contribution in [3.8, 4) is 0 Å². The molecule has 1 rings (SSSR count). The first-order chi connectivity index (χ1) is 27.7. The number of furan rings is 1. The molecular weight excluding hydrogens is 757 g/mol. The molecular formula is C46H78NO10P. The number of nitrogens with zero attached hydrogens (tertiary/aromatic N) is 1. The van der Waals surface area contributed by atoms with E-state index in [4.69, 9.17) is 22.9 Å². The molecule has 0 fully saturated rings. The van der Waals surface area contributed by atoms with Crippen molar-refractivity contribution in [3.05, 3.63) is 71.3 Å². The maximum atomic E-state index is 12.7. The van der Waals surface area contributed by atoms with Crippen LogP contribution in [0, 0.1) is 13.8 Å². The molecule has 1 heterocycles. The van der Waals surface area contributed by atoms with E-state index in [1.165, 1.54) is 11.1 Å². The van der Waals surface area contributed by atoms with Gasteiger partial charge in [0.2, 0.25) is 0 Å². The zero-order chi connectivity index (χ0) is 43.1. The average Bonchev–Trinajstić information content (AvgIpc) is 3.42. The Morgan fingerprint density at radius 2 is 1.31 bits per heavy atom. The zero-order valence-electron chi connectivity index (χ0n) is 37.1. The second-order valence-corrected chi connectivity index (χ2v) is 17.5. The van der Waals surface area contributed by atoms with Gasteiger partial charge in [0.25, 0.3) is 7.82 Å². The van der Waals surface area contributed by atoms with Gasteiger partial charge in [0.1, 0.15) is 31.3 Å². The number of phosphoric ester groups is 1. The first kappa shape index (κ1) is 53.2. The van der Waals surface area contributed by atoms with Crippen molar-refractivity contribution in [3.63, 3.8) is 0 Å². The number of quaternary nitrogens is 1. The fraction of sp³-hybridized carbons (Fsp3) is 0.696. The van der Waals surface area contributed by atoms with Crippen LogP contribution in [-0.2, 0) is 45.5 Å². The third-order valence-corrected chi connectivity index (χ3v) is 10.5. The normalized spacial score (nSPS) is 14.6. The number of aryl methyl sites for hydroxylation is 2. The van der Waals surface area contributed by atoms with Gasteiger partial charge in [-0.05, 0) is 89.2 Å². The van der Waals surface area contributed by atoms with Gasteiger partial charge in [-0.2, -0.15) is 0 Å². The Labute approximate surface area is 351 Å². The summed E-state index contributed by atoms with van der Waals surface area (Å²) in [7, 11) is 1.07. The first-order valence-electron chi connectivity index (χ1n) is 21.8. The number of hydrogen-bond acceptors (Lipinski definition) is 10. The third kappa shape index (κ3) is 28.6. The Morgan fingerprint density at radius 3 is 1.93 bits per heavy atom. The van der Waals surface area contributed by atoms with E-state index in [-0.39, 0.29) is 32.2 Å². The number of allylic oxidation sites excluding steroid dienone is 7. The maximum Gasteiger partial charge on any atom is 0.306 e. The molecule has 0 aliphatic rings. The SMILES string of the molecule is CCCc1oc(CCCCCCCCC(=O)OC[C@H](COP(=O)([O-])OCC[N+](C)(C)C)OC(=O)CCC/C=C\C/C=C\C/C=C\C/C=C\CC(O)CCC)c(C)c1C. The molecule has 0 amide bonds. The van der Waals surface area contributed by atoms with E-state index in [0.29, 0.717) is 36.7 Å². The minimum atomic E-state index is -4.66. The van der Waals surface area contributed by atoms with Crippen LogP contribution in [0.4, 0.5) is 0 Å². The number of hydrogen-bond donors (Lipinski definition) is 1. The van der Waals surface area contributed by atoms with Gasteiger partial charge in [0.05, 0.1) is 33.9 Å². The number of likely N-dealkylation sites (N-methyl/N-ethyl adjacent to an activating group) is 1. The fourth-order valence-electron chi connectivity index (χ4n) is 5.94. The predicted molar refractivity (Wildman–Crippen MR) is 231 cm³/mol. The van der Waals surface area contributed by atoms with E-state index >= 15 is 0 Å². The molecule has 0 aliphatic carbocycles. The molecule has 11 nitrogen and oxygen atoms in total. The molecule has 2 unspecified atom stereocenters. The van der Waals surface area contributed by atoms with E-state index in [2.05, 4.69) is 58.1 Å². The topological polar surface area (TPSA) is 145 Å². The number of aliphatic hydroxyl groups excluding tert-OH is 1. The quantitative estimate of drug-likeness (QED) is 0.0231. The zero-order valence-corrected chi connectivity index (χ0v) is 37.9. The molecule has 1 N–H and O–H groups in total. The van der Waals surface area contributed by atoms with E-state index in [1.807, 2.05) is 39.4 Å². The number of ether oxygens (including phenoxy) is 2. The summed E-state index contributed by atoms with van der Waals surface area (Å²) in [5.74, 6) is 1.27. The van der Waals surface area contributed by atoms with Crippen LogP contribution in [0.5, 0.6) is 0 Å². The van der Waals surface area contributed by atoms with Crippen LogP contribution in [0.1, 0.15) is 146 Å². The van der Waals surface area contributed by atoms with E-state index < -0.39 is 32.5 Å². The van der Waals surface area contributed by atoms with Gasteiger partial charge in [-0.15, -0.1) is 0 Å². The summed E-state index contributed by atoms with van der Waals surface area (Å²) in [5, 5.41) is 9.74.